The first-order valence-electron chi connectivity index (χ1n) is 9.62. The van der Waals surface area contributed by atoms with Crippen molar-refractivity contribution in [1.82, 2.24) is 5.43 Å². The molecule has 0 aliphatic heterocycles. The van der Waals surface area contributed by atoms with E-state index < -0.39 is 10.8 Å². The van der Waals surface area contributed by atoms with Gasteiger partial charge in [0.05, 0.1) is 21.2 Å². The topological polar surface area (TPSA) is 114 Å². The maximum absolute atomic E-state index is 12.4. The molecule has 8 nitrogen and oxygen atoms in total. The molecule has 10 heteroatoms. The fourth-order valence-electron chi connectivity index (χ4n) is 2.93. The molecule has 0 unspecified atom stereocenters. The molecule has 0 spiro atoms. The maximum Gasteiger partial charge on any atom is 0.272 e. The third-order valence-corrected chi connectivity index (χ3v) is 5.26. The monoisotopic (exact) mass is 484 g/mol. The van der Waals surface area contributed by atoms with Gasteiger partial charge in [0.1, 0.15) is 0 Å². The Morgan fingerprint density at radius 2 is 1.61 bits per heavy atom. The number of carbonyl (C=O) groups is 2. The number of nitrogens with zero attached hydrogens (tertiary/aromatic N) is 2. The van der Waals surface area contributed by atoms with Gasteiger partial charge < -0.3 is 5.32 Å². The first-order chi connectivity index (χ1) is 15.7. The fraction of sp³-hybridized carbons (Fsp3) is 0.0870. The first kappa shape index (κ1) is 23.9. The summed E-state index contributed by atoms with van der Waals surface area (Å²) >= 11 is 11.9. The molecule has 0 bridgehead atoms. The highest BCUT2D eigenvalue weighted by Gasteiger charge is 2.14. The molecule has 33 heavy (non-hydrogen) atoms. The SMILES string of the molecule is CC(=NNC(=O)c1ccc([N+](=O)[O-])c(C)c1)c1ccc(NC(=O)c2ccc(Cl)cc2Cl)cc1. The van der Waals surface area contributed by atoms with Crippen molar-refractivity contribution in [3.8, 4) is 0 Å². The van der Waals surface area contributed by atoms with E-state index in [0.717, 1.165) is 5.56 Å². The molecule has 0 fully saturated rings. The molecule has 3 rings (SSSR count). The van der Waals surface area contributed by atoms with E-state index >= 15 is 0 Å². The molecule has 3 aromatic rings. The van der Waals surface area contributed by atoms with Gasteiger partial charge in [0, 0.05) is 27.9 Å². The standard InChI is InChI=1S/C23H18Cl2N4O4/c1-13-11-16(5-10-21(13)29(32)33)22(30)28-27-14(2)15-3-7-18(8-4-15)26-23(31)19-9-6-17(24)12-20(19)25/h3-12H,1-2H3,(H,26,31)(H,28,30). The molecular weight excluding hydrogens is 467 g/mol. The van der Waals surface area contributed by atoms with Crippen LogP contribution < -0.4 is 10.7 Å². The lowest BCUT2D eigenvalue weighted by Gasteiger charge is -2.08. The second-order valence-electron chi connectivity index (χ2n) is 7.05. The van der Waals surface area contributed by atoms with Gasteiger partial charge in [-0.15, -0.1) is 0 Å². The summed E-state index contributed by atoms with van der Waals surface area (Å²) in [6.07, 6.45) is 0. The number of benzene rings is 3. The van der Waals surface area contributed by atoms with E-state index in [1.54, 1.807) is 50.2 Å². The Bertz CT molecular complexity index is 1270. The Morgan fingerprint density at radius 1 is 0.939 bits per heavy atom. The Kier molecular flexibility index (Phi) is 7.42. The molecule has 2 N–H and O–H groups in total. The number of carbonyl (C=O) groups excluding carboxylic acids is 2. The zero-order chi connectivity index (χ0) is 24.1. The molecule has 0 aliphatic rings. The van der Waals surface area contributed by atoms with Crippen LogP contribution in [0.25, 0.3) is 0 Å². The van der Waals surface area contributed by atoms with Gasteiger partial charge in [-0.05, 0) is 61.9 Å². The number of nitro benzene ring substituents is 1. The number of nitrogens with one attached hydrogen (secondary N) is 2. The average molecular weight is 485 g/mol. The lowest BCUT2D eigenvalue weighted by Crippen LogP contribution is -2.19. The van der Waals surface area contributed by atoms with Gasteiger partial charge in [-0.2, -0.15) is 5.10 Å². The highest BCUT2D eigenvalue weighted by molar-refractivity contribution is 6.37. The molecule has 0 heterocycles. The van der Waals surface area contributed by atoms with Crippen LogP contribution in [-0.4, -0.2) is 22.4 Å². The van der Waals surface area contributed by atoms with Gasteiger partial charge in [0.15, 0.2) is 0 Å². The van der Waals surface area contributed by atoms with Crippen molar-refractivity contribution in [3.63, 3.8) is 0 Å². The minimum atomic E-state index is -0.505. The lowest BCUT2D eigenvalue weighted by atomic mass is 10.1. The Morgan fingerprint density at radius 3 is 2.21 bits per heavy atom. The van der Waals surface area contributed by atoms with Crippen LogP contribution >= 0.6 is 23.2 Å². The molecule has 0 saturated carbocycles. The zero-order valence-electron chi connectivity index (χ0n) is 17.6. The largest absolute Gasteiger partial charge is 0.322 e. The summed E-state index contributed by atoms with van der Waals surface area (Å²) in [5.74, 6) is -0.864. The highest BCUT2D eigenvalue weighted by Crippen LogP contribution is 2.22. The van der Waals surface area contributed by atoms with Crippen molar-refractivity contribution in [2.75, 3.05) is 5.32 Å². The smallest absolute Gasteiger partial charge is 0.272 e. The molecule has 3 aromatic carbocycles. The van der Waals surface area contributed by atoms with E-state index in [1.807, 2.05) is 0 Å². The quantitative estimate of drug-likeness (QED) is 0.268. The summed E-state index contributed by atoms with van der Waals surface area (Å²) in [5, 5.41) is 18.4. The second kappa shape index (κ2) is 10.2. The summed E-state index contributed by atoms with van der Waals surface area (Å²) in [5.41, 5.74) is 5.11. The van der Waals surface area contributed by atoms with E-state index in [-0.39, 0.29) is 22.2 Å². The number of hydrazone groups is 1. The number of nitro groups is 1. The van der Waals surface area contributed by atoms with Crippen molar-refractivity contribution in [2.24, 2.45) is 5.10 Å². The minimum absolute atomic E-state index is 0.0586. The number of rotatable bonds is 6. The first-order valence-corrected chi connectivity index (χ1v) is 10.4. The fourth-order valence-corrected chi connectivity index (χ4v) is 3.43. The highest BCUT2D eigenvalue weighted by atomic mass is 35.5. The van der Waals surface area contributed by atoms with Gasteiger partial charge >= 0.3 is 0 Å². The van der Waals surface area contributed by atoms with Gasteiger partial charge in [-0.25, -0.2) is 5.43 Å². The summed E-state index contributed by atoms with van der Waals surface area (Å²) < 4.78 is 0. The van der Waals surface area contributed by atoms with Crippen LogP contribution in [0.2, 0.25) is 10.0 Å². The number of anilines is 1. The van der Waals surface area contributed by atoms with Crippen LogP contribution in [0, 0.1) is 17.0 Å². The van der Waals surface area contributed by atoms with Crippen LogP contribution in [0.1, 0.15) is 38.8 Å². The number of aryl methyl sites for hydroxylation is 1. The van der Waals surface area contributed by atoms with Gasteiger partial charge in [-0.1, -0.05) is 35.3 Å². The number of hydrogen-bond acceptors (Lipinski definition) is 5. The zero-order valence-corrected chi connectivity index (χ0v) is 19.1. The van der Waals surface area contributed by atoms with Crippen LogP contribution in [0.3, 0.4) is 0 Å². The Labute approximate surface area is 199 Å². The van der Waals surface area contributed by atoms with Crippen LogP contribution in [-0.2, 0) is 0 Å². The van der Waals surface area contributed by atoms with Gasteiger partial charge in [0.2, 0.25) is 0 Å². The van der Waals surface area contributed by atoms with E-state index in [4.69, 9.17) is 23.2 Å². The molecule has 0 saturated heterocycles. The van der Waals surface area contributed by atoms with E-state index in [9.17, 15) is 19.7 Å². The third-order valence-electron chi connectivity index (χ3n) is 4.72. The van der Waals surface area contributed by atoms with E-state index in [1.165, 1.54) is 24.3 Å². The number of amides is 2. The van der Waals surface area contributed by atoms with Crippen molar-refractivity contribution in [2.45, 2.75) is 13.8 Å². The minimum Gasteiger partial charge on any atom is -0.322 e. The maximum atomic E-state index is 12.4. The van der Waals surface area contributed by atoms with Crippen molar-refractivity contribution in [1.29, 1.82) is 0 Å². The second-order valence-corrected chi connectivity index (χ2v) is 7.90. The molecule has 0 atom stereocenters. The summed E-state index contributed by atoms with van der Waals surface area (Å²) in [6.45, 7) is 3.27. The number of hydrogen-bond donors (Lipinski definition) is 2. The van der Waals surface area contributed by atoms with Crippen LogP contribution in [0.4, 0.5) is 11.4 Å². The van der Waals surface area contributed by atoms with Gasteiger partial charge in [0.25, 0.3) is 17.5 Å². The van der Waals surface area contributed by atoms with Crippen LogP contribution in [0.5, 0.6) is 0 Å². The Hall–Kier alpha value is -3.75. The summed E-state index contributed by atoms with van der Waals surface area (Å²) in [4.78, 5) is 35.1. The number of halogens is 2. The predicted molar refractivity (Wildman–Crippen MR) is 128 cm³/mol. The molecule has 0 radical (unpaired) electrons. The van der Waals surface area contributed by atoms with Crippen molar-refractivity contribution >= 4 is 52.1 Å². The molecule has 168 valence electrons. The summed E-state index contributed by atoms with van der Waals surface area (Å²) in [7, 11) is 0. The van der Waals surface area contributed by atoms with Crippen LogP contribution in [0.15, 0.2) is 65.8 Å². The Balaban J connectivity index is 1.65. The van der Waals surface area contributed by atoms with E-state index in [0.29, 0.717) is 27.5 Å². The molecular formula is C23H18Cl2N4O4. The van der Waals surface area contributed by atoms with Crippen molar-refractivity contribution < 1.29 is 14.5 Å². The predicted octanol–water partition coefficient (Wildman–Crippen LogP) is 5.62. The third kappa shape index (κ3) is 5.94. The van der Waals surface area contributed by atoms with E-state index in [2.05, 4.69) is 15.8 Å². The average Bonchev–Trinajstić information content (AvgIpc) is 2.77. The normalized spacial score (nSPS) is 11.1. The van der Waals surface area contributed by atoms with Crippen molar-refractivity contribution in [3.05, 3.63) is 103 Å². The van der Waals surface area contributed by atoms with Gasteiger partial charge in [-0.3, -0.25) is 19.7 Å². The summed E-state index contributed by atoms with van der Waals surface area (Å²) in [6, 6.07) is 15.6. The molecule has 2 amide bonds. The molecule has 0 aliphatic carbocycles. The lowest BCUT2D eigenvalue weighted by molar-refractivity contribution is -0.385. The molecule has 0 aromatic heterocycles.